The largest absolute Gasteiger partial charge is 0.409 e. The van der Waals surface area contributed by atoms with Crippen molar-refractivity contribution in [1.29, 1.82) is 0 Å². The van der Waals surface area contributed by atoms with Crippen molar-refractivity contribution < 1.29 is 26.3 Å². The molecular formula is C6H7ClF6. The van der Waals surface area contributed by atoms with Gasteiger partial charge < -0.3 is 0 Å². The van der Waals surface area contributed by atoms with Gasteiger partial charge in [-0.2, -0.15) is 26.3 Å². The second-order valence-electron chi connectivity index (χ2n) is 1.80. The van der Waals surface area contributed by atoms with Crippen molar-refractivity contribution in [2.75, 3.05) is 5.88 Å². The normalized spacial score (nSPS) is 11.6. The molecule has 0 N–H and O–H groups in total. The molecule has 0 radical (unpaired) electrons. The lowest BCUT2D eigenvalue weighted by molar-refractivity contribution is -0.129. The van der Waals surface area contributed by atoms with E-state index in [0.29, 0.717) is 0 Å². The monoisotopic (exact) mass is 228 g/mol. The Hall–Kier alpha value is -0.390. The number of allylic oxidation sites excluding steroid dienone is 1. The lowest BCUT2D eigenvalue weighted by Gasteiger charge is -1.99. The minimum Gasteiger partial charge on any atom is -0.171 e. The molecule has 0 unspecified atom stereocenters. The summed E-state index contributed by atoms with van der Waals surface area (Å²) in [6.07, 6.45) is -9.23. The van der Waals surface area contributed by atoms with Crippen LogP contribution >= 0.6 is 11.6 Å². The van der Waals surface area contributed by atoms with E-state index in [1.165, 1.54) is 0 Å². The van der Waals surface area contributed by atoms with Gasteiger partial charge in [-0.15, -0.1) is 11.6 Å². The number of hydrogen-bond acceptors (Lipinski definition) is 0. The van der Waals surface area contributed by atoms with Crippen molar-refractivity contribution in [3.63, 3.8) is 0 Å². The molecule has 0 fully saturated rings. The first-order valence-corrected chi connectivity index (χ1v) is 3.49. The second-order valence-corrected chi connectivity index (χ2v) is 2.18. The van der Waals surface area contributed by atoms with Gasteiger partial charge >= 0.3 is 12.4 Å². The lowest BCUT2D eigenvalue weighted by atomic mass is 10.5. The van der Waals surface area contributed by atoms with Crippen LogP contribution in [0.15, 0.2) is 12.7 Å². The van der Waals surface area contributed by atoms with E-state index < -0.39 is 18.8 Å². The summed E-state index contributed by atoms with van der Waals surface area (Å²) in [5.74, 6) is -0.344. The summed E-state index contributed by atoms with van der Waals surface area (Å²) in [5.41, 5.74) is 0. The number of hydrogen-bond donors (Lipinski definition) is 0. The van der Waals surface area contributed by atoms with Gasteiger partial charge in [0.1, 0.15) is 0 Å². The van der Waals surface area contributed by atoms with E-state index in [4.69, 9.17) is 11.6 Å². The molecule has 0 rings (SSSR count). The van der Waals surface area contributed by atoms with Crippen LogP contribution in [0.25, 0.3) is 0 Å². The predicted molar refractivity (Wildman–Crippen MR) is 37.6 cm³/mol. The standard InChI is InChI=1S/C3H4ClF3.C3H3F3/c4-2-1-3(5,6)7;1-2-3(4,5)6/h1-2H2;2H,1H2. The van der Waals surface area contributed by atoms with E-state index in [2.05, 4.69) is 6.58 Å². The smallest absolute Gasteiger partial charge is 0.171 e. The van der Waals surface area contributed by atoms with Crippen LogP contribution in [0.5, 0.6) is 0 Å². The van der Waals surface area contributed by atoms with Gasteiger partial charge in [0, 0.05) is 12.0 Å². The predicted octanol–water partition coefficient (Wildman–Crippen LogP) is 3.91. The van der Waals surface area contributed by atoms with Crippen molar-refractivity contribution in [2.24, 2.45) is 0 Å². The molecule has 0 heterocycles. The molecule has 0 aromatic rings. The molecule has 0 spiro atoms. The van der Waals surface area contributed by atoms with E-state index in [-0.39, 0.29) is 12.0 Å². The van der Waals surface area contributed by atoms with Crippen molar-refractivity contribution in [2.45, 2.75) is 18.8 Å². The third-order valence-corrected chi connectivity index (χ3v) is 0.798. The van der Waals surface area contributed by atoms with E-state index in [1.54, 1.807) is 0 Å². The molecule has 0 amide bonds. The van der Waals surface area contributed by atoms with Crippen LogP contribution in [0.4, 0.5) is 26.3 Å². The van der Waals surface area contributed by atoms with Gasteiger partial charge in [0.25, 0.3) is 0 Å². The summed E-state index contributed by atoms with van der Waals surface area (Å²) >= 11 is 4.77. The molecule has 0 atom stereocenters. The highest BCUT2D eigenvalue weighted by molar-refractivity contribution is 6.17. The Bertz CT molecular complexity index is 135. The maximum absolute atomic E-state index is 11.0. The molecule has 80 valence electrons. The van der Waals surface area contributed by atoms with E-state index in [9.17, 15) is 26.3 Å². The lowest BCUT2D eigenvalue weighted by Crippen LogP contribution is -2.06. The third-order valence-electron chi connectivity index (χ3n) is 0.609. The SMILES string of the molecule is C=CC(F)(F)F.FC(F)(F)CCCl. The van der Waals surface area contributed by atoms with Crippen LogP contribution in [0.3, 0.4) is 0 Å². The van der Waals surface area contributed by atoms with Gasteiger partial charge in [-0.3, -0.25) is 0 Å². The molecule has 0 aliphatic rings. The average Bonchev–Trinajstić information content (AvgIpc) is 1.84. The summed E-state index contributed by atoms with van der Waals surface area (Å²) in [4.78, 5) is 0. The summed E-state index contributed by atoms with van der Waals surface area (Å²) in [6, 6.07) is 0. The highest BCUT2D eigenvalue weighted by Gasteiger charge is 2.25. The minimum atomic E-state index is -4.19. The topological polar surface area (TPSA) is 0 Å². The highest BCUT2D eigenvalue weighted by atomic mass is 35.5. The fourth-order valence-electron chi connectivity index (χ4n) is 0.107. The second kappa shape index (κ2) is 6.12. The van der Waals surface area contributed by atoms with Crippen molar-refractivity contribution >= 4 is 11.6 Å². The summed E-state index contributed by atoms with van der Waals surface area (Å²) < 4.78 is 64.9. The quantitative estimate of drug-likeness (QED) is 0.363. The van der Waals surface area contributed by atoms with E-state index in [0.717, 1.165) is 0 Å². The number of rotatable bonds is 1. The molecule has 0 aromatic carbocycles. The van der Waals surface area contributed by atoms with Crippen molar-refractivity contribution in [1.82, 2.24) is 0 Å². The first-order chi connectivity index (χ1) is 5.62. The van der Waals surface area contributed by atoms with Gasteiger partial charge in [0.05, 0.1) is 6.42 Å². The first-order valence-electron chi connectivity index (χ1n) is 2.95. The maximum Gasteiger partial charge on any atom is 0.409 e. The van der Waals surface area contributed by atoms with E-state index >= 15 is 0 Å². The van der Waals surface area contributed by atoms with Gasteiger partial charge in [0.2, 0.25) is 0 Å². The van der Waals surface area contributed by atoms with Crippen LogP contribution in [0, 0.1) is 0 Å². The van der Waals surface area contributed by atoms with Crippen LogP contribution in [0.1, 0.15) is 6.42 Å². The Kier molecular flexibility index (Phi) is 7.11. The van der Waals surface area contributed by atoms with E-state index in [1.807, 2.05) is 0 Å². The summed E-state index contributed by atoms with van der Waals surface area (Å²) in [6.45, 7) is 2.51. The molecule has 7 heteroatoms. The number of alkyl halides is 7. The maximum atomic E-state index is 11.0. The zero-order valence-corrected chi connectivity index (χ0v) is 7.10. The van der Waals surface area contributed by atoms with Crippen LogP contribution < -0.4 is 0 Å². The Morgan fingerprint density at radius 2 is 1.38 bits per heavy atom. The minimum absolute atomic E-state index is 0.0625. The Balaban J connectivity index is 0. The molecule has 0 saturated carbocycles. The van der Waals surface area contributed by atoms with Gasteiger partial charge in [0.15, 0.2) is 0 Å². The molecule has 13 heavy (non-hydrogen) atoms. The Morgan fingerprint density at radius 1 is 1.08 bits per heavy atom. The van der Waals surface area contributed by atoms with Gasteiger partial charge in [-0.25, -0.2) is 0 Å². The zero-order chi connectivity index (χ0) is 11.1. The first kappa shape index (κ1) is 15.1. The summed E-state index contributed by atoms with van der Waals surface area (Å²) in [7, 11) is 0. The fraction of sp³-hybridized carbons (Fsp3) is 0.667. The fourth-order valence-corrected chi connectivity index (χ4v) is 0.321. The van der Waals surface area contributed by atoms with Crippen LogP contribution in [-0.4, -0.2) is 18.2 Å². The van der Waals surface area contributed by atoms with Crippen LogP contribution in [-0.2, 0) is 0 Å². The average molecular weight is 229 g/mol. The molecule has 0 bridgehead atoms. The number of halogens is 7. The van der Waals surface area contributed by atoms with Gasteiger partial charge in [-0.05, 0) is 0 Å². The molecule has 0 nitrogen and oxygen atoms in total. The van der Waals surface area contributed by atoms with Crippen molar-refractivity contribution in [3.8, 4) is 0 Å². The highest BCUT2D eigenvalue weighted by Crippen LogP contribution is 2.19. The zero-order valence-electron chi connectivity index (χ0n) is 6.34. The molecule has 0 aromatic heterocycles. The van der Waals surface area contributed by atoms with Crippen LogP contribution in [0.2, 0.25) is 0 Å². The van der Waals surface area contributed by atoms with Gasteiger partial charge in [-0.1, -0.05) is 6.58 Å². The molecule has 0 aliphatic heterocycles. The Morgan fingerprint density at radius 3 is 1.38 bits per heavy atom. The Labute approximate surface area is 76.2 Å². The van der Waals surface area contributed by atoms with Crippen molar-refractivity contribution in [3.05, 3.63) is 12.7 Å². The summed E-state index contributed by atoms with van der Waals surface area (Å²) in [5, 5.41) is 0. The molecular weight excluding hydrogens is 222 g/mol. The molecule has 0 aliphatic carbocycles. The molecule has 0 saturated heterocycles. The third kappa shape index (κ3) is 24.5.